The van der Waals surface area contributed by atoms with Gasteiger partial charge < -0.3 is 5.11 Å². The lowest BCUT2D eigenvalue weighted by molar-refractivity contribution is 0.172. The Morgan fingerprint density at radius 2 is 1.80 bits per heavy atom. The van der Waals surface area contributed by atoms with Gasteiger partial charge in [-0.15, -0.1) is 0 Å². The average Bonchev–Trinajstić information content (AvgIpc) is 2.45. The molecule has 0 aromatic heterocycles. The number of aliphatic hydroxyl groups excluding tert-OH is 1. The van der Waals surface area contributed by atoms with Crippen molar-refractivity contribution in [1.29, 1.82) is 5.26 Å². The molecule has 0 amide bonds. The fourth-order valence-corrected chi connectivity index (χ4v) is 3.63. The number of nitrogens with one attached hydrogen (secondary N) is 1. The fourth-order valence-electron chi connectivity index (χ4n) is 1.91. The molecule has 0 aliphatic carbocycles. The van der Waals surface area contributed by atoms with Crippen molar-refractivity contribution in [3.05, 3.63) is 35.4 Å². The van der Waals surface area contributed by atoms with E-state index in [1.54, 1.807) is 24.3 Å². The summed E-state index contributed by atoms with van der Waals surface area (Å²) in [6, 6.07) is 8.40. The minimum absolute atomic E-state index is 0.166. The summed E-state index contributed by atoms with van der Waals surface area (Å²) in [6.07, 6.45) is 1.04. The predicted octanol–water partition coefficient (Wildman–Crippen LogP) is 1.53. The van der Waals surface area contributed by atoms with Gasteiger partial charge in [0.25, 0.3) is 0 Å². The second kappa shape index (κ2) is 6.84. The molecule has 0 aliphatic heterocycles. The van der Waals surface area contributed by atoms with Gasteiger partial charge in [-0.05, 0) is 30.5 Å². The SMILES string of the molecule is CCC(CC)(CO)NS(=O)(=O)Cc1ccc(C#N)cc1. The Labute approximate surface area is 120 Å². The smallest absolute Gasteiger partial charge is 0.216 e. The van der Waals surface area contributed by atoms with Gasteiger partial charge in [-0.2, -0.15) is 5.26 Å². The first-order valence-corrected chi connectivity index (χ1v) is 8.17. The molecule has 1 aromatic carbocycles. The predicted molar refractivity (Wildman–Crippen MR) is 77.3 cm³/mol. The molecule has 2 N–H and O–H groups in total. The van der Waals surface area contributed by atoms with E-state index in [0.29, 0.717) is 24.0 Å². The monoisotopic (exact) mass is 296 g/mol. The highest BCUT2D eigenvalue weighted by atomic mass is 32.2. The van der Waals surface area contributed by atoms with Crippen molar-refractivity contribution >= 4 is 10.0 Å². The zero-order valence-corrected chi connectivity index (χ0v) is 12.6. The Bertz CT molecular complexity index is 561. The van der Waals surface area contributed by atoms with Gasteiger partial charge in [-0.25, -0.2) is 13.1 Å². The van der Waals surface area contributed by atoms with Crippen molar-refractivity contribution in [3.8, 4) is 6.07 Å². The van der Waals surface area contributed by atoms with Gasteiger partial charge in [-0.1, -0.05) is 26.0 Å². The van der Waals surface area contributed by atoms with Crippen molar-refractivity contribution in [1.82, 2.24) is 4.72 Å². The molecule has 20 heavy (non-hydrogen) atoms. The lowest BCUT2D eigenvalue weighted by Gasteiger charge is -2.30. The van der Waals surface area contributed by atoms with E-state index in [0.717, 1.165) is 0 Å². The van der Waals surface area contributed by atoms with E-state index in [-0.39, 0.29) is 12.4 Å². The van der Waals surface area contributed by atoms with Gasteiger partial charge in [-0.3, -0.25) is 0 Å². The van der Waals surface area contributed by atoms with Crippen LogP contribution in [0.4, 0.5) is 0 Å². The van der Waals surface area contributed by atoms with Gasteiger partial charge >= 0.3 is 0 Å². The highest BCUT2D eigenvalue weighted by molar-refractivity contribution is 7.88. The molecule has 1 rings (SSSR count). The number of hydrogen-bond donors (Lipinski definition) is 2. The van der Waals surface area contributed by atoms with Crippen LogP contribution in [-0.2, 0) is 15.8 Å². The van der Waals surface area contributed by atoms with E-state index < -0.39 is 15.6 Å². The summed E-state index contributed by atoms with van der Waals surface area (Å²) in [4.78, 5) is 0. The third-order valence-corrected chi connectivity index (χ3v) is 4.93. The fraction of sp³-hybridized carbons (Fsp3) is 0.500. The topological polar surface area (TPSA) is 90.2 Å². The average molecular weight is 296 g/mol. The molecule has 6 heteroatoms. The molecule has 0 heterocycles. The van der Waals surface area contributed by atoms with Crippen LogP contribution in [0, 0.1) is 11.3 Å². The highest BCUT2D eigenvalue weighted by Crippen LogP contribution is 2.17. The van der Waals surface area contributed by atoms with Crippen LogP contribution in [0.5, 0.6) is 0 Å². The molecule has 110 valence electrons. The lowest BCUT2D eigenvalue weighted by atomic mass is 9.96. The second-order valence-corrected chi connectivity index (χ2v) is 6.54. The maximum Gasteiger partial charge on any atom is 0.216 e. The number of nitriles is 1. The number of rotatable bonds is 7. The summed E-state index contributed by atoms with van der Waals surface area (Å²) in [7, 11) is -3.54. The number of nitrogens with zero attached hydrogens (tertiary/aromatic N) is 1. The minimum atomic E-state index is -3.54. The first-order chi connectivity index (χ1) is 9.40. The van der Waals surface area contributed by atoms with Crippen LogP contribution in [0.25, 0.3) is 0 Å². The Hall–Kier alpha value is -1.42. The summed E-state index contributed by atoms with van der Waals surface area (Å²) in [5.74, 6) is -0.166. The summed E-state index contributed by atoms with van der Waals surface area (Å²) in [5.41, 5.74) is 0.298. The van der Waals surface area contributed by atoms with Crippen molar-refractivity contribution in [2.24, 2.45) is 0 Å². The van der Waals surface area contributed by atoms with E-state index in [1.165, 1.54) is 0 Å². The summed E-state index contributed by atoms with van der Waals surface area (Å²) in [6.45, 7) is 3.44. The third-order valence-electron chi connectivity index (χ3n) is 3.47. The van der Waals surface area contributed by atoms with E-state index in [1.807, 2.05) is 19.9 Å². The van der Waals surface area contributed by atoms with E-state index in [4.69, 9.17) is 5.26 Å². The van der Waals surface area contributed by atoms with Crippen molar-refractivity contribution in [2.75, 3.05) is 6.61 Å². The van der Waals surface area contributed by atoms with Crippen LogP contribution in [0.1, 0.15) is 37.8 Å². The van der Waals surface area contributed by atoms with Gasteiger partial charge in [0.05, 0.1) is 29.5 Å². The summed E-state index contributed by atoms with van der Waals surface area (Å²) < 4.78 is 26.9. The Morgan fingerprint density at radius 3 is 2.20 bits per heavy atom. The molecule has 0 spiro atoms. The van der Waals surface area contributed by atoms with E-state index in [2.05, 4.69) is 4.72 Å². The molecular weight excluding hydrogens is 276 g/mol. The molecule has 0 radical (unpaired) electrons. The van der Waals surface area contributed by atoms with Crippen LogP contribution < -0.4 is 4.72 Å². The zero-order chi connectivity index (χ0) is 15.2. The van der Waals surface area contributed by atoms with Crippen LogP contribution in [0.15, 0.2) is 24.3 Å². The molecule has 0 saturated heterocycles. The van der Waals surface area contributed by atoms with Crippen LogP contribution in [0.2, 0.25) is 0 Å². The van der Waals surface area contributed by atoms with Crippen LogP contribution in [0.3, 0.4) is 0 Å². The summed E-state index contributed by atoms with van der Waals surface area (Å²) in [5, 5.41) is 18.1. The van der Waals surface area contributed by atoms with Crippen LogP contribution in [-0.4, -0.2) is 25.7 Å². The molecule has 0 saturated carbocycles. The maximum absolute atomic E-state index is 12.2. The van der Waals surface area contributed by atoms with Crippen molar-refractivity contribution in [2.45, 2.75) is 38.0 Å². The van der Waals surface area contributed by atoms with E-state index in [9.17, 15) is 13.5 Å². The first kappa shape index (κ1) is 16.6. The number of sulfonamides is 1. The van der Waals surface area contributed by atoms with Gasteiger partial charge in [0.15, 0.2) is 0 Å². The standard InChI is InChI=1S/C14H20N2O3S/c1-3-14(4-2,11-17)16-20(18,19)10-13-7-5-12(9-15)6-8-13/h5-8,16-17H,3-4,10-11H2,1-2H3. The van der Waals surface area contributed by atoms with Gasteiger partial charge in [0.2, 0.25) is 10.0 Å². The lowest BCUT2D eigenvalue weighted by Crippen LogP contribution is -2.50. The van der Waals surface area contributed by atoms with Crippen molar-refractivity contribution in [3.63, 3.8) is 0 Å². The molecule has 0 unspecified atom stereocenters. The minimum Gasteiger partial charge on any atom is -0.394 e. The van der Waals surface area contributed by atoms with Gasteiger partial charge in [0, 0.05) is 0 Å². The number of hydrogen-bond acceptors (Lipinski definition) is 4. The number of benzene rings is 1. The maximum atomic E-state index is 12.2. The molecule has 5 nitrogen and oxygen atoms in total. The van der Waals surface area contributed by atoms with Gasteiger partial charge in [0.1, 0.15) is 0 Å². The molecule has 0 bridgehead atoms. The molecule has 0 fully saturated rings. The highest BCUT2D eigenvalue weighted by Gasteiger charge is 2.30. The molecule has 0 aliphatic rings. The molecule has 1 aromatic rings. The molecular formula is C14H20N2O3S. The van der Waals surface area contributed by atoms with E-state index >= 15 is 0 Å². The zero-order valence-electron chi connectivity index (χ0n) is 11.8. The Balaban J connectivity index is 2.86. The largest absolute Gasteiger partial charge is 0.394 e. The van der Waals surface area contributed by atoms with Crippen LogP contribution >= 0.6 is 0 Å². The Kier molecular flexibility index (Phi) is 5.69. The third kappa shape index (κ3) is 4.30. The second-order valence-electron chi connectivity index (χ2n) is 4.82. The normalized spacial score (nSPS) is 12.1. The first-order valence-electron chi connectivity index (χ1n) is 6.52. The summed E-state index contributed by atoms with van der Waals surface area (Å²) >= 11 is 0. The quantitative estimate of drug-likeness (QED) is 0.798. The van der Waals surface area contributed by atoms with Crippen molar-refractivity contribution < 1.29 is 13.5 Å². The molecule has 0 atom stereocenters. The Morgan fingerprint density at radius 1 is 1.25 bits per heavy atom. The number of aliphatic hydroxyl groups is 1.